The Bertz CT molecular complexity index is 1570. The average Bonchev–Trinajstić information content (AvgIpc) is 3.28. The number of fused-ring (bicyclic) bond motifs is 2. The molecule has 2 aromatic carbocycles. The van der Waals surface area contributed by atoms with Gasteiger partial charge in [-0.3, -0.25) is 9.20 Å². The highest BCUT2D eigenvalue weighted by Gasteiger charge is 2.16. The number of H-pyrrole nitrogens is 1. The Kier molecular flexibility index (Phi) is 5.05. The molecule has 0 aliphatic carbocycles. The van der Waals surface area contributed by atoms with Gasteiger partial charge in [0, 0.05) is 6.20 Å². The number of aromatic amines is 1. The van der Waals surface area contributed by atoms with Crippen LogP contribution in [0.3, 0.4) is 0 Å². The summed E-state index contributed by atoms with van der Waals surface area (Å²) in [5, 5.41) is 9.85. The summed E-state index contributed by atoms with van der Waals surface area (Å²) in [4.78, 5) is 25.4. The Hall–Kier alpha value is -4.90. The van der Waals surface area contributed by atoms with Crippen LogP contribution in [-0.2, 0) is 0 Å². The number of nitrogens with one attached hydrogen (secondary N) is 1. The predicted molar refractivity (Wildman–Crippen MR) is 124 cm³/mol. The molecule has 0 saturated heterocycles. The van der Waals surface area contributed by atoms with Crippen molar-refractivity contribution in [2.24, 2.45) is 0 Å². The van der Waals surface area contributed by atoms with Gasteiger partial charge in [0.25, 0.3) is 5.56 Å². The monoisotopic (exact) mass is 435 g/mol. The van der Waals surface area contributed by atoms with Crippen molar-refractivity contribution in [3.63, 3.8) is 0 Å². The topological polar surface area (TPSA) is 105 Å². The van der Waals surface area contributed by atoms with Gasteiger partial charge in [-0.05, 0) is 54.6 Å². The maximum absolute atomic E-state index is 13.3. The third kappa shape index (κ3) is 3.79. The van der Waals surface area contributed by atoms with Gasteiger partial charge in [0.2, 0.25) is 5.88 Å². The number of para-hydroxylation sites is 2. The van der Waals surface area contributed by atoms with Crippen molar-refractivity contribution in [2.75, 3.05) is 7.11 Å². The minimum atomic E-state index is -0.368. The number of imidazole rings is 1. The van der Waals surface area contributed by atoms with E-state index in [4.69, 9.17) is 9.47 Å². The number of methoxy groups -OCH3 is 1. The zero-order valence-electron chi connectivity index (χ0n) is 17.5. The Morgan fingerprint density at radius 3 is 2.55 bits per heavy atom. The molecule has 3 heterocycles. The van der Waals surface area contributed by atoms with Crippen LogP contribution in [-0.4, -0.2) is 26.5 Å². The summed E-state index contributed by atoms with van der Waals surface area (Å²) in [6, 6.07) is 21.7. The number of aromatic nitrogens is 4. The fourth-order valence-electron chi connectivity index (χ4n) is 3.42. The molecule has 0 amide bonds. The first kappa shape index (κ1) is 20.0. The van der Waals surface area contributed by atoms with E-state index in [1.54, 1.807) is 55.8 Å². The molecule has 0 saturated carbocycles. The van der Waals surface area contributed by atoms with Gasteiger partial charge < -0.3 is 14.5 Å². The molecule has 1 N–H and O–H groups in total. The Labute approximate surface area is 188 Å². The van der Waals surface area contributed by atoms with E-state index in [1.807, 2.05) is 24.3 Å². The van der Waals surface area contributed by atoms with E-state index in [-0.39, 0.29) is 22.6 Å². The number of ether oxygens (including phenoxy) is 2. The summed E-state index contributed by atoms with van der Waals surface area (Å²) >= 11 is 0. The Balaban J connectivity index is 1.67. The number of benzene rings is 2. The molecule has 5 aromatic rings. The highest BCUT2D eigenvalue weighted by Crippen LogP contribution is 2.27. The van der Waals surface area contributed by atoms with Crippen LogP contribution in [0.15, 0.2) is 77.7 Å². The highest BCUT2D eigenvalue weighted by molar-refractivity contribution is 5.91. The largest absolute Gasteiger partial charge is 0.497 e. The average molecular weight is 435 g/mol. The summed E-state index contributed by atoms with van der Waals surface area (Å²) in [7, 11) is 1.58. The van der Waals surface area contributed by atoms with Crippen LogP contribution in [0.1, 0.15) is 11.4 Å². The lowest BCUT2D eigenvalue weighted by Crippen LogP contribution is -2.18. The van der Waals surface area contributed by atoms with E-state index in [0.29, 0.717) is 23.0 Å². The molecule has 0 atom stereocenters. The van der Waals surface area contributed by atoms with E-state index in [9.17, 15) is 10.1 Å². The van der Waals surface area contributed by atoms with Gasteiger partial charge in [0.05, 0.1) is 23.7 Å². The number of nitrogens with zero attached hydrogens (tertiary/aromatic N) is 4. The first-order valence-corrected chi connectivity index (χ1v) is 10.1. The number of rotatable bonds is 5. The molecule has 0 bridgehead atoms. The zero-order chi connectivity index (χ0) is 22.8. The lowest BCUT2D eigenvalue weighted by atomic mass is 10.2. The van der Waals surface area contributed by atoms with Gasteiger partial charge in [0.15, 0.2) is 0 Å². The lowest BCUT2D eigenvalue weighted by molar-refractivity contribution is 0.412. The molecule has 0 aliphatic rings. The number of nitriles is 1. The summed E-state index contributed by atoms with van der Waals surface area (Å²) in [5.74, 6) is 1.58. The standard InChI is InChI=1S/C25H17N5O3/c1-32-17-9-11-18(12-10-17)33-24-19(25(31)30-13-5-4-8-22(30)29-24)14-16(15-26)23-27-20-6-2-3-7-21(20)28-23/h2-14H,1H3,(H,27,28)/b16-14+. The molecule has 8 heteroatoms. The van der Waals surface area contributed by atoms with Gasteiger partial charge in [0.1, 0.15) is 34.6 Å². The zero-order valence-corrected chi connectivity index (χ0v) is 17.5. The molecule has 5 rings (SSSR count). The Morgan fingerprint density at radius 2 is 1.79 bits per heavy atom. The second kappa shape index (κ2) is 8.32. The number of pyridine rings is 1. The first-order chi connectivity index (χ1) is 16.2. The van der Waals surface area contributed by atoms with Crippen molar-refractivity contribution in [3.8, 4) is 23.4 Å². The molecule has 33 heavy (non-hydrogen) atoms. The summed E-state index contributed by atoms with van der Waals surface area (Å²) < 4.78 is 12.6. The fourth-order valence-corrected chi connectivity index (χ4v) is 3.42. The molecular weight excluding hydrogens is 418 g/mol. The Morgan fingerprint density at radius 1 is 1.03 bits per heavy atom. The molecule has 0 aliphatic heterocycles. The lowest BCUT2D eigenvalue weighted by Gasteiger charge is -2.10. The van der Waals surface area contributed by atoms with E-state index in [0.717, 1.165) is 11.0 Å². The smallest absolute Gasteiger partial charge is 0.269 e. The first-order valence-electron chi connectivity index (χ1n) is 10.1. The van der Waals surface area contributed by atoms with Crippen LogP contribution in [0.2, 0.25) is 0 Å². The molecule has 0 fully saturated rings. The van der Waals surface area contributed by atoms with E-state index >= 15 is 0 Å². The minimum absolute atomic E-state index is 0.0835. The van der Waals surface area contributed by atoms with Crippen molar-refractivity contribution in [1.82, 2.24) is 19.4 Å². The maximum atomic E-state index is 13.3. The van der Waals surface area contributed by atoms with Crippen LogP contribution in [0.5, 0.6) is 17.4 Å². The number of allylic oxidation sites excluding steroid dienone is 1. The molecule has 0 spiro atoms. The van der Waals surface area contributed by atoms with Crippen LogP contribution in [0.25, 0.3) is 28.3 Å². The van der Waals surface area contributed by atoms with Crippen LogP contribution >= 0.6 is 0 Å². The SMILES string of the molecule is COc1ccc(Oc2nc3ccccn3c(=O)c2/C=C(\C#N)c2nc3ccccc3[nH]2)cc1. The van der Waals surface area contributed by atoms with Crippen LogP contribution < -0.4 is 15.0 Å². The van der Waals surface area contributed by atoms with E-state index < -0.39 is 0 Å². The predicted octanol–water partition coefficient (Wildman–Crippen LogP) is 4.44. The molecule has 3 aromatic heterocycles. The van der Waals surface area contributed by atoms with Crippen LogP contribution in [0.4, 0.5) is 0 Å². The maximum Gasteiger partial charge on any atom is 0.269 e. The minimum Gasteiger partial charge on any atom is -0.497 e. The van der Waals surface area contributed by atoms with Crippen molar-refractivity contribution in [1.29, 1.82) is 5.26 Å². The van der Waals surface area contributed by atoms with Crippen molar-refractivity contribution in [3.05, 3.63) is 94.7 Å². The number of hydrogen-bond donors (Lipinski definition) is 1. The highest BCUT2D eigenvalue weighted by atomic mass is 16.5. The molecule has 0 unspecified atom stereocenters. The van der Waals surface area contributed by atoms with Gasteiger partial charge >= 0.3 is 0 Å². The number of hydrogen-bond acceptors (Lipinski definition) is 6. The quantitative estimate of drug-likeness (QED) is 0.409. The fraction of sp³-hybridized carbons (Fsp3) is 0.0400. The van der Waals surface area contributed by atoms with Gasteiger partial charge in [-0.1, -0.05) is 18.2 Å². The van der Waals surface area contributed by atoms with Crippen molar-refractivity contribution in [2.45, 2.75) is 0 Å². The van der Waals surface area contributed by atoms with Crippen molar-refractivity contribution < 1.29 is 9.47 Å². The molecule has 0 radical (unpaired) electrons. The normalized spacial score (nSPS) is 11.5. The van der Waals surface area contributed by atoms with Crippen molar-refractivity contribution >= 4 is 28.3 Å². The van der Waals surface area contributed by atoms with Crippen LogP contribution in [0, 0.1) is 11.3 Å². The third-order valence-corrected chi connectivity index (χ3v) is 5.06. The second-order valence-corrected chi connectivity index (χ2v) is 7.11. The molecule has 8 nitrogen and oxygen atoms in total. The van der Waals surface area contributed by atoms with Gasteiger partial charge in [-0.15, -0.1) is 0 Å². The molecule has 160 valence electrons. The molecular formula is C25H17N5O3. The van der Waals surface area contributed by atoms with Gasteiger partial charge in [-0.25, -0.2) is 4.98 Å². The van der Waals surface area contributed by atoms with Gasteiger partial charge in [-0.2, -0.15) is 10.2 Å². The van der Waals surface area contributed by atoms with E-state index in [1.165, 1.54) is 10.5 Å². The second-order valence-electron chi connectivity index (χ2n) is 7.11. The summed E-state index contributed by atoms with van der Waals surface area (Å²) in [6.45, 7) is 0. The van der Waals surface area contributed by atoms with E-state index in [2.05, 4.69) is 21.0 Å². The third-order valence-electron chi connectivity index (χ3n) is 5.06. The summed E-state index contributed by atoms with van der Waals surface area (Å²) in [5.41, 5.74) is 1.87. The summed E-state index contributed by atoms with van der Waals surface area (Å²) in [6.07, 6.45) is 3.07.